The van der Waals surface area contributed by atoms with Crippen LogP contribution in [0.3, 0.4) is 0 Å². The minimum Gasteiger partial charge on any atom is -0.456 e. The number of amidine groups is 1. The zero-order chi connectivity index (χ0) is 41.6. The number of furan rings is 1. The summed E-state index contributed by atoms with van der Waals surface area (Å²) in [4.78, 5) is 11.7. The Morgan fingerprint density at radius 1 is 0.391 bits per heavy atom. The van der Waals surface area contributed by atoms with Crippen LogP contribution in [0.1, 0.15) is 28.2 Å². The normalized spacial score (nSPS) is 16.6. The molecule has 0 amide bonds. The van der Waals surface area contributed by atoms with E-state index in [4.69, 9.17) is 14.4 Å². The molecule has 15 rings (SSSR count). The molecule has 0 radical (unpaired) electrons. The first-order valence-electron chi connectivity index (χ1n) is 22.1. The highest BCUT2D eigenvalue weighted by Crippen LogP contribution is 2.61. The van der Waals surface area contributed by atoms with Crippen LogP contribution in [0.25, 0.3) is 98.6 Å². The first-order chi connectivity index (χ1) is 31.7. The summed E-state index contributed by atoms with van der Waals surface area (Å²) in [5, 5.41) is 11.9. The fourth-order valence-electron chi connectivity index (χ4n) is 11.2. The van der Waals surface area contributed by atoms with Crippen LogP contribution in [-0.2, 0) is 0 Å². The summed E-state index contributed by atoms with van der Waals surface area (Å²) in [5.41, 5.74) is 15.3. The molecule has 64 heavy (non-hydrogen) atoms. The molecule has 1 aliphatic carbocycles. The molecule has 0 N–H and O–H groups in total. The molecular formula is C60H35N3O. The number of hydrogen-bond acceptors (Lipinski definition) is 3. The zero-order valence-electron chi connectivity index (χ0n) is 34.5. The second-order valence-corrected chi connectivity index (χ2v) is 17.6. The number of benzene rings is 10. The van der Waals surface area contributed by atoms with E-state index in [1.165, 1.54) is 59.7 Å². The molecule has 296 valence electrons. The zero-order valence-corrected chi connectivity index (χ0v) is 34.5. The van der Waals surface area contributed by atoms with Crippen molar-refractivity contribution in [2.75, 3.05) is 0 Å². The lowest BCUT2D eigenvalue weighted by molar-refractivity contribution is 0.668. The lowest BCUT2D eigenvalue weighted by atomic mass is 9.94. The van der Waals surface area contributed by atoms with Crippen molar-refractivity contribution < 1.29 is 4.42 Å². The largest absolute Gasteiger partial charge is 0.456 e. The van der Waals surface area contributed by atoms with Crippen LogP contribution in [-0.4, -0.2) is 16.1 Å². The van der Waals surface area contributed by atoms with E-state index in [1.807, 2.05) is 0 Å². The fraction of sp³-hybridized carbons (Fsp3) is 0.0333. The summed E-state index contributed by atoms with van der Waals surface area (Å²) < 4.78 is 9.19. The molecule has 4 heteroatoms. The number of fused-ring (bicyclic) bond motifs is 16. The van der Waals surface area contributed by atoms with E-state index >= 15 is 0 Å². The number of para-hydroxylation sites is 1. The van der Waals surface area contributed by atoms with E-state index in [2.05, 4.69) is 205 Å². The first kappa shape index (κ1) is 34.3. The van der Waals surface area contributed by atoms with E-state index in [0.717, 1.165) is 72.4 Å². The molecule has 2 unspecified atom stereocenters. The molecule has 3 aliphatic rings. The van der Waals surface area contributed by atoms with Gasteiger partial charge in [-0.05, 0) is 97.0 Å². The van der Waals surface area contributed by atoms with Crippen molar-refractivity contribution in [3.8, 4) is 16.8 Å². The number of aliphatic imine (C=N–C) groups is 2. The van der Waals surface area contributed by atoms with Gasteiger partial charge in [-0.2, -0.15) is 0 Å². The third-order valence-electron chi connectivity index (χ3n) is 14.2. The molecule has 1 saturated carbocycles. The summed E-state index contributed by atoms with van der Waals surface area (Å²) in [5.74, 6) is 0.779. The Kier molecular flexibility index (Phi) is 6.76. The van der Waals surface area contributed by atoms with Gasteiger partial charge in [-0.15, -0.1) is 0 Å². The highest BCUT2D eigenvalue weighted by Gasteiger charge is 2.53. The highest BCUT2D eigenvalue weighted by atomic mass is 16.3. The molecule has 0 spiro atoms. The van der Waals surface area contributed by atoms with E-state index in [0.29, 0.717) is 5.84 Å². The lowest BCUT2D eigenvalue weighted by Gasteiger charge is -2.16. The Labute approximate surface area is 367 Å². The maximum atomic E-state index is 6.71. The van der Waals surface area contributed by atoms with Gasteiger partial charge in [0.25, 0.3) is 0 Å². The Morgan fingerprint density at radius 3 is 1.97 bits per heavy atom. The Bertz CT molecular complexity index is 4140. The van der Waals surface area contributed by atoms with Gasteiger partial charge in [-0.25, -0.2) is 9.98 Å². The topological polar surface area (TPSA) is 42.8 Å². The van der Waals surface area contributed by atoms with E-state index in [1.54, 1.807) is 0 Å². The summed E-state index contributed by atoms with van der Waals surface area (Å²) in [6.45, 7) is 0. The third kappa shape index (κ3) is 4.77. The molecule has 10 aromatic carbocycles. The van der Waals surface area contributed by atoms with Crippen LogP contribution in [0.15, 0.2) is 220 Å². The number of allylic oxidation sites excluding steroid dienone is 1. The maximum absolute atomic E-state index is 6.71. The van der Waals surface area contributed by atoms with Crippen molar-refractivity contribution >= 4 is 93.3 Å². The molecule has 2 atom stereocenters. The molecule has 2 aromatic heterocycles. The first-order valence-corrected chi connectivity index (χ1v) is 22.1. The van der Waals surface area contributed by atoms with Gasteiger partial charge >= 0.3 is 0 Å². The smallest absolute Gasteiger partial charge is 0.160 e. The van der Waals surface area contributed by atoms with Gasteiger partial charge in [0.1, 0.15) is 11.2 Å². The van der Waals surface area contributed by atoms with E-state index < -0.39 is 0 Å². The summed E-state index contributed by atoms with van der Waals surface area (Å²) in [6, 6.07) is 72.9. The summed E-state index contributed by atoms with van der Waals surface area (Å²) in [7, 11) is 0. The molecule has 4 heterocycles. The average molecular weight is 814 g/mol. The molecule has 12 aromatic rings. The van der Waals surface area contributed by atoms with Crippen molar-refractivity contribution in [3.63, 3.8) is 0 Å². The predicted octanol–water partition coefficient (Wildman–Crippen LogP) is 15.2. The molecule has 1 fully saturated rings. The van der Waals surface area contributed by atoms with Gasteiger partial charge in [0, 0.05) is 56.1 Å². The van der Waals surface area contributed by atoms with Crippen LogP contribution >= 0.6 is 0 Å². The second kappa shape index (κ2) is 12.6. The van der Waals surface area contributed by atoms with Crippen molar-refractivity contribution in [1.29, 1.82) is 0 Å². The minimum atomic E-state index is -0.0118. The lowest BCUT2D eigenvalue weighted by Crippen LogP contribution is -2.13. The third-order valence-corrected chi connectivity index (χ3v) is 14.2. The number of hydrogen-bond donors (Lipinski definition) is 0. The molecular weight excluding hydrogens is 779 g/mol. The fourth-order valence-corrected chi connectivity index (χ4v) is 11.2. The van der Waals surface area contributed by atoms with Crippen LogP contribution < -0.4 is 0 Å². The summed E-state index contributed by atoms with van der Waals surface area (Å²) >= 11 is 0. The predicted molar refractivity (Wildman–Crippen MR) is 265 cm³/mol. The van der Waals surface area contributed by atoms with Crippen molar-refractivity contribution in [2.45, 2.75) is 5.92 Å². The van der Waals surface area contributed by atoms with Gasteiger partial charge in [0.05, 0.1) is 28.1 Å². The van der Waals surface area contributed by atoms with Crippen LogP contribution in [0.4, 0.5) is 0 Å². The maximum Gasteiger partial charge on any atom is 0.160 e. The second-order valence-electron chi connectivity index (χ2n) is 17.6. The highest BCUT2D eigenvalue weighted by molar-refractivity contribution is 6.25. The quantitative estimate of drug-likeness (QED) is 0.164. The van der Waals surface area contributed by atoms with Gasteiger partial charge in [-0.1, -0.05) is 152 Å². The SMILES string of the molecule is c1ccc(-c2cccc(C3=NC(c4cc5ccccc5c5ccccc45)=C4C5C(=N3)c3cc6c(cc3-n3c7cc(ccc7c7cc8ccccc8cc73)C45)oc3ccccc36)c2)cc1. The number of rotatable bonds is 3. The number of nitrogens with zero attached hydrogens (tertiary/aromatic N) is 3. The standard InChI is InChI=1S/C60H35N3O/c1-2-13-34(14-3-1)35-18-12-19-40(27-35)60-61-58(48-29-38-17-6-7-20-41(38)42-21-8-9-22-43(42)48)56-55-39-25-26-44-46-28-36-15-4-5-16-37(36)30-51(46)63(50(44)31-39)52-33-54-47(32-49(52)59(62-60)57(55)56)45-23-10-11-24-53(45)64-54/h1-33,55,57H. The van der Waals surface area contributed by atoms with E-state index in [9.17, 15) is 0 Å². The van der Waals surface area contributed by atoms with Gasteiger partial charge < -0.3 is 8.98 Å². The van der Waals surface area contributed by atoms with Crippen molar-refractivity contribution in [1.82, 2.24) is 4.57 Å². The minimum absolute atomic E-state index is 0.0118. The van der Waals surface area contributed by atoms with Gasteiger partial charge in [0.15, 0.2) is 5.84 Å². The monoisotopic (exact) mass is 813 g/mol. The summed E-state index contributed by atoms with van der Waals surface area (Å²) in [6.07, 6.45) is 0. The molecule has 2 bridgehead atoms. The average Bonchev–Trinajstić information content (AvgIpc) is 3.90. The molecule has 2 aliphatic heterocycles. The van der Waals surface area contributed by atoms with Crippen LogP contribution in [0.2, 0.25) is 0 Å². The van der Waals surface area contributed by atoms with Gasteiger partial charge in [-0.3, -0.25) is 0 Å². The van der Waals surface area contributed by atoms with Crippen LogP contribution in [0.5, 0.6) is 0 Å². The van der Waals surface area contributed by atoms with Crippen molar-refractivity contribution in [3.05, 3.63) is 228 Å². The molecule has 4 nitrogen and oxygen atoms in total. The number of aromatic nitrogens is 1. The van der Waals surface area contributed by atoms with Crippen molar-refractivity contribution in [2.24, 2.45) is 15.9 Å². The molecule has 0 saturated heterocycles. The Hall–Kier alpha value is -8.34. The Morgan fingerprint density at radius 2 is 1.09 bits per heavy atom. The van der Waals surface area contributed by atoms with Crippen LogP contribution in [0, 0.1) is 5.92 Å². The van der Waals surface area contributed by atoms with Gasteiger partial charge in [0.2, 0.25) is 0 Å². The Balaban J connectivity index is 1.10. The van der Waals surface area contributed by atoms with E-state index in [-0.39, 0.29) is 11.8 Å².